The van der Waals surface area contributed by atoms with E-state index in [1.807, 2.05) is 0 Å². The molecule has 2 aliphatic rings. The van der Waals surface area contributed by atoms with Gasteiger partial charge in [0.25, 0.3) is 0 Å². The van der Waals surface area contributed by atoms with Crippen LogP contribution in [0.25, 0.3) is 0 Å². The Morgan fingerprint density at radius 1 is 1.06 bits per heavy atom. The summed E-state index contributed by atoms with van der Waals surface area (Å²) in [6.07, 6.45) is 5.75. The van der Waals surface area contributed by atoms with Crippen molar-refractivity contribution in [2.75, 3.05) is 19.6 Å². The summed E-state index contributed by atoms with van der Waals surface area (Å²) < 4.78 is 6.09. The number of carbonyl (C=O) groups is 1. The molecule has 1 heterocycles. The Morgan fingerprint density at radius 3 is 2.00 bits per heavy atom. The Hall–Kier alpha value is -0.410. The van der Waals surface area contributed by atoms with Crippen molar-refractivity contribution in [3.8, 4) is 0 Å². The van der Waals surface area contributed by atoms with Gasteiger partial charge in [0.2, 0.25) is 0 Å². The van der Waals surface area contributed by atoms with Crippen LogP contribution in [0.2, 0.25) is 0 Å². The number of ether oxygens (including phenoxy) is 1. The van der Waals surface area contributed by atoms with Crippen LogP contribution in [0, 0.1) is 5.41 Å². The first-order valence-corrected chi connectivity index (χ1v) is 7.15. The second kappa shape index (κ2) is 4.61. The van der Waals surface area contributed by atoms with E-state index in [0.29, 0.717) is 0 Å². The fourth-order valence-electron chi connectivity index (χ4n) is 3.89. The van der Waals surface area contributed by atoms with Gasteiger partial charge in [-0.2, -0.15) is 0 Å². The average molecular weight is 253 g/mol. The van der Waals surface area contributed by atoms with Crippen molar-refractivity contribution < 1.29 is 9.53 Å². The minimum Gasteiger partial charge on any atom is -0.367 e. The molecule has 0 spiro atoms. The molecule has 0 unspecified atom stereocenters. The fourth-order valence-corrected chi connectivity index (χ4v) is 3.89. The lowest BCUT2D eigenvalue weighted by atomic mass is 9.86. The molecule has 0 aromatic rings. The normalized spacial score (nSPS) is 30.2. The van der Waals surface area contributed by atoms with Gasteiger partial charge in [-0.05, 0) is 40.5 Å². The molecule has 1 aliphatic carbocycles. The maximum absolute atomic E-state index is 11.5. The minimum absolute atomic E-state index is 0.0799. The maximum Gasteiger partial charge on any atom is 0.127 e. The van der Waals surface area contributed by atoms with Crippen molar-refractivity contribution in [3.63, 3.8) is 0 Å². The standard InChI is InChI=1S/C15H27NO2/c1-13(2)9-16(10-14(3,4)18-13)11-15(12-17)7-5-6-8-15/h12H,5-11H2,1-4H3. The monoisotopic (exact) mass is 253 g/mol. The third kappa shape index (κ3) is 3.12. The van der Waals surface area contributed by atoms with Crippen LogP contribution < -0.4 is 0 Å². The third-order valence-corrected chi connectivity index (χ3v) is 4.15. The van der Waals surface area contributed by atoms with Gasteiger partial charge in [0.1, 0.15) is 6.29 Å². The van der Waals surface area contributed by atoms with Crippen LogP contribution in [0.1, 0.15) is 53.4 Å². The summed E-state index contributed by atoms with van der Waals surface area (Å²) in [6, 6.07) is 0. The van der Waals surface area contributed by atoms with Crippen LogP contribution in [0.5, 0.6) is 0 Å². The molecule has 1 aliphatic heterocycles. The van der Waals surface area contributed by atoms with Crippen molar-refractivity contribution >= 4 is 6.29 Å². The first kappa shape index (κ1) is 14.0. The zero-order chi connectivity index (χ0) is 13.4. The lowest BCUT2D eigenvalue weighted by molar-refractivity contribution is -0.184. The van der Waals surface area contributed by atoms with E-state index in [2.05, 4.69) is 32.6 Å². The van der Waals surface area contributed by atoms with Crippen LogP contribution in [-0.2, 0) is 9.53 Å². The van der Waals surface area contributed by atoms with Crippen molar-refractivity contribution in [1.29, 1.82) is 0 Å². The van der Waals surface area contributed by atoms with Crippen molar-refractivity contribution in [2.45, 2.75) is 64.6 Å². The summed E-state index contributed by atoms with van der Waals surface area (Å²) in [6.45, 7) is 11.3. The largest absolute Gasteiger partial charge is 0.367 e. The molecule has 0 radical (unpaired) electrons. The summed E-state index contributed by atoms with van der Waals surface area (Å²) in [5, 5.41) is 0. The van der Waals surface area contributed by atoms with E-state index >= 15 is 0 Å². The zero-order valence-corrected chi connectivity index (χ0v) is 12.3. The molecule has 2 fully saturated rings. The van der Waals surface area contributed by atoms with Crippen molar-refractivity contribution in [3.05, 3.63) is 0 Å². The molecule has 0 aromatic carbocycles. The topological polar surface area (TPSA) is 29.5 Å². The van der Waals surface area contributed by atoms with E-state index in [1.165, 1.54) is 19.1 Å². The van der Waals surface area contributed by atoms with Gasteiger partial charge in [0, 0.05) is 25.0 Å². The number of carbonyl (C=O) groups excluding carboxylic acids is 1. The highest BCUT2D eigenvalue weighted by Crippen LogP contribution is 2.38. The van der Waals surface area contributed by atoms with E-state index in [9.17, 15) is 4.79 Å². The molecular weight excluding hydrogens is 226 g/mol. The van der Waals surface area contributed by atoms with Crippen LogP contribution in [0.3, 0.4) is 0 Å². The van der Waals surface area contributed by atoms with Gasteiger partial charge in [-0.1, -0.05) is 12.8 Å². The van der Waals surface area contributed by atoms with Gasteiger partial charge < -0.3 is 9.53 Å². The van der Waals surface area contributed by atoms with Gasteiger partial charge in [-0.3, -0.25) is 4.90 Å². The SMILES string of the molecule is CC1(C)CN(CC2(C=O)CCCC2)CC(C)(C)O1. The number of nitrogens with zero attached hydrogens (tertiary/aromatic N) is 1. The maximum atomic E-state index is 11.5. The van der Waals surface area contributed by atoms with Crippen molar-refractivity contribution in [2.24, 2.45) is 5.41 Å². The van der Waals surface area contributed by atoms with Gasteiger partial charge in [0.05, 0.1) is 11.2 Å². The Bertz CT molecular complexity index is 300. The van der Waals surface area contributed by atoms with Gasteiger partial charge >= 0.3 is 0 Å². The van der Waals surface area contributed by atoms with E-state index in [0.717, 1.165) is 32.5 Å². The molecule has 3 nitrogen and oxygen atoms in total. The van der Waals surface area contributed by atoms with E-state index in [1.54, 1.807) is 0 Å². The van der Waals surface area contributed by atoms with Gasteiger partial charge in [0.15, 0.2) is 0 Å². The molecule has 0 aromatic heterocycles. The molecule has 18 heavy (non-hydrogen) atoms. The summed E-state index contributed by atoms with van der Waals surface area (Å²) in [5.74, 6) is 0. The molecule has 0 N–H and O–H groups in total. The highest BCUT2D eigenvalue weighted by Gasteiger charge is 2.42. The molecule has 1 saturated heterocycles. The van der Waals surface area contributed by atoms with Crippen LogP contribution in [0.4, 0.5) is 0 Å². The minimum atomic E-state index is -0.121. The first-order valence-electron chi connectivity index (χ1n) is 7.15. The molecule has 0 amide bonds. The Kier molecular flexibility index (Phi) is 3.58. The fraction of sp³-hybridized carbons (Fsp3) is 0.933. The quantitative estimate of drug-likeness (QED) is 0.724. The second-order valence-electron chi connectivity index (χ2n) is 7.45. The van der Waals surface area contributed by atoms with E-state index in [4.69, 9.17) is 4.74 Å². The van der Waals surface area contributed by atoms with E-state index < -0.39 is 0 Å². The predicted molar refractivity (Wildman–Crippen MR) is 72.6 cm³/mol. The van der Waals surface area contributed by atoms with E-state index in [-0.39, 0.29) is 16.6 Å². The lowest BCUT2D eigenvalue weighted by Gasteiger charge is -2.48. The Balaban J connectivity index is 2.06. The number of hydrogen-bond acceptors (Lipinski definition) is 3. The highest BCUT2D eigenvalue weighted by atomic mass is 16.5. The lowest BCUT2D eigenvalue weighted by Crippen LogP contribution is -2.58. The Labute approximate surface area is 111 Å². The molecular formula is C15H27NO2. The number of hydrogen-bond donors (Lipinski definition) is 0. The average Bonchev–Trinajstić information content (AvgIpc) is 2.61. The molecule has 0 bridgehead atoms. The molecule has 0 atom stereocenters. The van der Waals surface area contributed by atoms with Crippen LogP contribution in [-0.4, -0.2) is 42.0 Å². The van der Waals surface area contributed by atoms with Crippen LogP contribution >= 0.6 is 0 Å². The first-order chi connectivity index (χ1) is 8.26. The summed E-state index contributed by atoms with van der Waals surface area (Å²) in [4.78, 5) is 13.9. The molecule has 1 saturated carbocycles. The highest BCUT2D eigenvalue weighted by molar-refractivity contribution is 5.60. The third-order valence-electron chi connectivity index (χ3n) is 4.15. The predicted octanol–water partition coefficient (Wildman–Crippen LogP) is 2.64. The number of aldehydes is 1. The summed E-state index contributed by atoms with van der Waals surface area (Å²) in [5.41, 5.74) is -0.321. The van der Waals surface area contributed by atoms with Gasteiger partial charge in [-0.25, -0.2) is 0 Å². The molecule has 104 valence electrons. The molecule has 2 rings (SSSR count). The number of morpholine rings is 1. The molecule has 3 heteroatoms. The van der Waals surface area contributed by atoms with Crippen LogP contribution in [0.15, 0.2) is 0 Å². The van der Waals surface area contributed by atoms with Gasteiger partial charge in [-0.15, -0.1) is 0 Å². The van der Waals surface area contributed by atoms with Crippen molar-refractivity contribution in [1.82, 2.24) is 4.90 Å². The summed E-state index contributed by atoms with van der Waals surface area (Å²) >= 11 is 0. The smallest absolute Gasteiger partial charge is 0.127 e. The second-order valence-corrected chi connectivity index (χ2v) is 7.45. The zero-order valence-electron chi connectivity index (χ0n) is 12.3. The number of rotatable bonds is 3. The summed E-state index contributed by atoms with van der Waals surface area (Å²) in [7, 11) is 0. The Morgan fingerprint density at radius 2 is 1.56 bits per heavy atom.